The van der Waals surface area contributed by atoms with E-state index in [2.05, 4.69) is 0 Å². The molecule has 0 saturated heterocycles. The van der Waals surface area contributed by atoms with Gasteiger partial charge in [0.25, 0.3) is 0 Å². The SMILES string of the molecule is Cc1ccc(S(=O)(=O)c2ccc(CC(N)C(=O)CCl)cc2)cc1. The Morgan fingerprint density at radius 3 is 2.00 bits per heavy atom. The molecule has 4 nitrogen and oxygen atoms in total. The van der Waals surface area contributed by atoms with Crippen LogP contribution in [0.2, 0.25) is 0 Å². The Labute approximate surface area is 141 Å². The lowest BCUT2D eigenvalue weighted by atomic mass is 10.0. The van der Waals surface area contributed by atoms with Gasteiger partial charge < -0.3 is 5.73 Å². The Balaban J connectivity index is 2.22. The number of sulfone groups is 1. The molecule has 0 spiro atoms. The molecule has 0 aliphatic carbocycles. The summed E-state index contributed by atoms with van der Waals surface area (Å²) in [5.41, 5.74) is 7.52. The molecule has 1 unspecified atom stereocenters. The Kier molecular flexibility index (Phi) is 5.57. The molecule has 0 fully saturated rings. The van der Waals surface area contributed by atoms with Gasteiger partial charge in [-0.2, -0.15) is 0 Å². The second kappa shape index (κ2) is 7.25. The van der Waals surface area contributed by atoms with Crippen molar-refractivity contribution in [3.8, 4) is 0 Å². The zero-order valence-electron chi connectivity index (χ0n) is 12.7. The van der Waals surface area contributed by atoms with E-state index in [1.54, 1.807) is 36.4 Å². The molecule has 1 atom stereocenters. The standard InChI is InChI=1S/C17H18ClNO3S/c1-12-2-6-14(7-3-12)23(21,22)15-8-4-13(5-9-15)10-16(19)17(20)11-18/h2-9,16H,10-11,19H2,1H3. The molecule has 2 N–H and O–H groups in total. The molecule has 2 rings (SSSR count). The second-order valence-electron chi connectivity index (χ2n) is 5.37. The first kappa shape index (κ1) is 17.7. The van der Waals surface area contributed by atoms with E-state index < -0.39 is 15.9 Å². The summed E-state index contributed by atoms with van der Waals surface area (Å²) >= 11 is 5.47. The molecule has 0 amide bonds. The van der Waals surface area contributed by atoms with E-state index in [1.807, 2.05) is 6.92 Å². The summed E-state index contributed by atoms with van der Waals surface area (Å²) in [6.07, 6.45) is 0.330. The van der Waals surface area contributed by atoms with Crippen LogP contribution in [0.25, 0.3) is 0 Å². The van der Waals surface area contributed by atoms with Crippen molar-refractivity contribution in [2.24, 2.45) is 5.73 Å². The third kappa shape index (κ3) is 4.19. The van der Waals surface area contributed by atoms with Crippen molar-refractivity contribution in [3.05, 3.63) is 59.7 Å². The first-order valence-corrected chi connectivity index (χ1v) is 9.11. The molecule has 2 aromatic carbocycles. The van der Waals surface area contributed by atoms with Crippen LogP contribution in [0.1, 0.15) is 11.1 Å². The fourth-order valence-electron chi connectivity index (χ4n) is 2.13. The van der Waals surface area contributed by atoms with Gasteiger partial charge in [-0.3, -0.25) is 4.79 Å². The number of ketones is 1. The first-order valence-electron chi connectivity index (χ1n) is 7.09. The van der Waals surface area contributed by atoms with Crippen molar-refractivity contribution >= 4 is 27.2 Å². The summed E-state index contributed by atoms with van der Waals surface area (Å²) in [7, 11) is -3.54. The van der Waals surface area contributed by atoms with Crippen LogP contribution in [0.5, 0.6) is 0 Å². The van der Waals surface area contributed by atoms with Crippen LogP contribution in [-0.4, -0.2) is 26.1 Å². The maximum atomic E-state index is 12.5. The number of carbonyl (C=O) groups is 1. The van der Waals surface area contributed by atoms with E-state index in [0.717, 1.165) is 11.1 Å². The Morgan fingerprint density at radius 1 is 1.04 bits per heavy atom. The Bertz CT molecular complexity index is 784. The summed E-state index contributed by atoms with van der Waals surface area (Å²) in [5.74, 6) is -0.357. The number of carbonyl (C=O) groups excluding carboxylic acids is 1. The predicted molar refractivity (Wildman–Crippen MR) is 90.5 cm³/mol. The van der Waals surface area contributed by atoms with E-state index >= 15 is 0 Å². The second-order valence-corrected chi connectivity index (χ2v) is 7.59. The largest absolute Gasteiger partial charge is 0.321 e. The third-order valence-corrected chi connectivity index (χ3v) is 5.61. The van der Waals surface area contributed by atoms with E-state index in [0.29, 0.717) is 6.42 Å². The number of hydrogen-bond donors (Lipinski definition) is 1. The highest BCUT2D eigenvalue weighted by Crippen LogP contribution is 2.21. The van der Waals surface area contributed by atoms with E-state index in [4.69, 9.17) is 17.3 Å². The molecule has 122 valence electrons. The third-order valence-electron chi connectivity index (χ3n) is 3.57. The molecule has 2 aromatic rings. The zero-order valence-corrected chi connectivity index (χ0v) is 14.3. The van der Waals surface area contributed by atoms with Crippen molar-refractivity contribution in [1.29, 1.82) is 0 Å². The predicted octanol–water partition coefficient (Wildman–Crippen LogP) is 2.51. The molecule has 0 saturated carbocycles. The van der Waals surface area contributed by atoms with Gasteiger partial charge in [-0.05, 0) is 43.2 Å². The van der Waals surface area contributed by atoms with Gasteiger partial charge >= 0.3 is 0 Å². The number of Topliss-reactive ketones (excluding diaryl/α,β-unsaturated/α-hetero) is 1. The topological polar surface area (TPSA) is 77.2 Å². The van der Waals surface area contributed by atoms with Gasteiger partial charge in [0.1, 0.15) is 0 Å². The van der Waals surface area contributed by atoms with Crippen LogP contribution in [0.4, 0.5) is 0 Å². The maximum Gasteiger partial charge on any atom is 0.206 e. The number of rotatable bonds is 6. The number of nitrogens with two attached hydrogens (primary N) is 1. The van der Waals surface area contributed by atoms with Crippen LogP contribution in [0.3, 0.4) is 0 Å². The smallest absolute Gasteiger partial charge is 0.206 e. The lowest BCUT2D eigenvalue weighted by Crippen LogP contribution is -2.33. The molecule has 0 aliphatic rings. The highest BCUT2D eigenvalue weighted by atomic mass is 35.5. The quantitative estimate of drug-likeness (QED) is 0.811. The summed E-state index contributed by atoms with van der Waals surface area (Å²) < 4.78 is 25.1. The molecule has 0 aromatic heterocycles. The molecular formula is C17H18ClNO3S. The Morgan fingerprint density at radius 2 is 1.52 bits per heavy atom. The molecule has 0 heterocycles. The lowest BCUT2D eigenvalue weighted by Gasteiger charge is -2.10. The number of hydrogen-bond acceptors (Lipinski definition) is 4. The van der Waals surface area contributed by atoms with Crippen molar-refractivity contribution in [2.45, 2.75) is 29.2 Å². The summed E-state index contributed by atoms with van der Waals surface area (Å²) in [5, 5.41) is 0. The lowest BCUT2D eigenvalue weighted by molar-refractivity contribution is -0.117. The van der Waals surface area contributed by atoms with Crippen LogP contribution in [0, 0.1) is 6.92 Å². The molecule has 0 bridgehead atoms. The highest BCUT2D eigenvalue weighted by molar-refractivity contribution is 7.91. The number of benzene rings is 2. The minimum absolute atomic E-state index is 0.124. The normalized spacial score (nSPS) is 12.8. The molecular weight excluding hydrogens is 334 g/mol. The van der Waals surface area contributed by atoms with Crippen molar-refractivity contribution in [2.75, 3.05) is 5.88 Å². The van der Waals surface area contributed by atoms with E-state index in [-0.39, 0.29) is 21.5 Å². The van der Waals surface area contributed by atoms with Gasteiger partial charge in [-0.1, -0.05) is 29.8 Å². The monoisotopic (exact) mass is 351 g/mol. The molecule has 23 heavy (non-hydrogen) atoms. The summed E-state index contributed by atoms with van der Waals surface area (Å²) in [6.45, 7) is 1.90. The first-order chi connectivity index (χ1) is 10.8. The molecule has 0 radical (unpaired) electrons. The fraction of sp³-hybridized carbons (Fsp3) is 0.235. The van der Waals surface area contributed by atoms with E-state index in [9.17, 15) is 13.2 Å². The summed E-state index contributed by atoms with van der Waals surface area (Å²) in [6, 6.07) is 12.4. The van der Waals surface area contributed by atoms with Gasteiger partial charge in [0.2, 0.25) is 9.84 Å². The van der Waals surface area contributed by atoms with Gasteiger partial charge in [0.15, 0.2) is 5.78 Å². The van der Waals surface area contributed by atoms with Gasteiger partial charge in [-0.25, -0.2) is 8.42 Å². The van der Waals surface area contributed by atoms with Crippen LogP contribution in [0.15, 0.2) is 58.3 Å². The van der Waals surface area contributed by atoms with E-state index in [1.165, 1.54) is 12.1 Å². The van der Waals surface area contributed by atoms with Crippen LogP contribution in [-0.2, 0) is 21.1 Å². The number of halogens is 1. The van der Waals surface area contributed by atoms with Crippen molar-refractivity contribution < 1.29 is 13.2 Å². The molecule has 0 aliphatic heterocycles. The van der Waals surface area contributed by atoms with Crippen LogP contribution < -0.4 is 5.73 Å². The highest BCUT2D eigenvalue weighted by Gasteiger charge is 2.18. The summed E-state index contributed by atoms with van der Waals surface area (Å²) in [4.78, 5) is 11.9. The van der Waals surface area contributed by atoms with Gasteiger partial charge in [-0.15, -0.1) is 11.6 Å². The molecule has 6 heteroatoms. The van der Waals surface area contributed by atoms with Crippen molar-refractivity contribution in [1.82, 2.24) is 0 Å². The average Bonchev–Trinajstić information content (AvgIpc) is 2.55. The van der Waals surface area contributed by atoms with Crippen LogP contribution >= 0.6 is 11.6 Å². The minimum atomic E-state index is -3.54. The van der Waals surface area contributed by atoms with Gasteiger partial charge in [0, 0.05) is 0 Å². The minimum Gasteiger partial charge on any atom is -0.321 e. The number of aryl methyl sites for hydroxylation is 1. The number of alkyl halides is 1. The van der Waals surface area contributed by atoms with Gasteiger partial charge in [0.05, 0.1) is 21.7 Å². The van der Waals surface area contributed by atoms with Crippen molar-refractivity contribution in [3.63, 3.8) is 0 Å². The average molecular weight is 352 g/mol. The zero-order chi connectivity index (χ0) is 17.0. The Hall–Kier alpha value is -1.69. The maximum absolute atomic E-state index is 12.5. The fourth-order valence-corrected chi connectivity index (χ4v) is 3.58.